The Hall–Kier alpha value is -1.94. The third-order valence-corrected chi connectivity index (χ3v) is 3.92. The lowest BCUT2D eigenvalue weighted by Crippen LogP contribution is -2.29. The molecule has 1 fully saturated rings. The van der Waals surface area contributed by atoms with Crippen molar-refractivity contribution in [3.8, 4) is 11.3 Å². The van der Waals surface area contributed by atoms with Crippen LogP contribution >= 0.6 is 0 Å². The Balaban J connectivity index is 1.84. The maximum Gasteiger partial charge on any atom is 0.225 e. The van der Waals surface area contributed by atoms with E-state index in [0.717, 1.165) is 56.2 Å². The summed E-state index contributed by atoms with van der Waals surface area (Å²) in [5, 5.41) is 3.41. The first kappa shape index (κ1) is 14.0. The van der Waals surface area contributed by atoms with Gasteiger partial charge >= 0.3 is 0 Å². The number of hydrogen-bond acceptors (Lipinski definition) is 4. The van der Waals surface area contributed by atoms with E-state index in [1.54, 1.807) is 0 Å². The Morgan fingerprint density at radius 3 is 2.76 bits per heavy atom. The van der Waals surface area contributed by atoms with E-state index in [4.69, 9.17) is 4.98 Å². The summed E-state index contributed by atoms with van der Waals surface area (Å²) in [6.45, 7) is 6.24. The van der Waals surface area contributed by atoms with Crippen LogP contribution in [0, 0.1) is 0 Å². The molecule has 1 aromatic heterocycles. The topological polar surface area (TPSA) is 41.1 Å². The maximum atomic E-state index is 4.75. The summed E-state index contributed by atoms with van der Waals surface area (Å²) in [6.07, 6.45) is 4.07. The number of aromatic nitrogens is 2. The van der Waals surface area contributed by atoms with Gasteiger partial charge in [0.1, 0.15) is 0 Å². The van der Waals surface area contributed by atoms with Gasteiger partial charge < -0.3 is 10.2 Å². The van der Waals surface area contributed by atoms with E-state index in [-0.39, 0.29) is 0 Å². The van der Waals surface area contributed by atoms with Crippen LogP contribution in [0.3, 0.4) is 0 Å². The lowest BCUT2D eigenvalue weighted by Gasteiger charge is -2.20. The first-order valence-corrected chi connectivity index (χ1v) is 7.75. The van der Waals surface area contributed by atoms with Crippen molar-refractivity contribution in [1.82, 2.24) is 15.3 Å². The standard InChI is InChI=1S/C17H22N4/c1-2-14-4-6-15(7-5-14)16-8-10-19-17(20-16)21-12-3-9-18-11-13-21/h4-8,10,18H,2-3,9,11-13H2,1H3. The normalized spacial score (nSPS) is 15.8. The summed E-state index contributed by atoms with van der Waals surface area (Å²) in [4.78, 5) is 11.5. The van der Waals surface area contributed by atoms with Gasteiger partial charge in [0.15, 0.2) is 0 Å². The van der Waals surface area contributed by atoms with E-state index >= 15 is 0 Å². The van der Waals surface area contributed by atoms with Crippen LogP contribution in [0.4, 0.5) is 5.95 Å². The monoisotopic (exact) mass is 282 g/mol. The average Bonchev–Trinajstić information content (AvgIpc) is 2.84. The van der Waals surface area contributed by atoms with Gasteiger partial charge in [-0.1, -0.05) is 31.2 Å². The quantitative estimate of drug-likeness (QED) is 0.939. The molecular weight excluding hydrogens is 260 g/mol. The molecule has 1 aromatic carbocycles. The molecule has 1 saturated heterocycles. The third-order valence-electron chi connectivity index (χ3n) is 3.92. The summed E-state index contributed by atoms with van der Waals surface area (Å²) in [5.41, 5.74) is 3.51. The van der Waals surface area contributed by atoms with Crippen molar-refractivity contribution >= 4 is 5.95 Å². The SMILES string of the molecule is CCc1ccc(-c2ccnc(N3CCCNCC3)n2)cc1. The van der Waals surface area contributed by atoms with Crippen molar-refractivity contribution < 1.29 is 0 Å². The zero-order chi connectivity index (χ0) is 14.5. The van der Waals surface area contributed by atoms with Crippen LogP contribution in [0.15, 0.2) is 36.5 Å². The van der Waals surface area contributed by atoms with E-state index in [9.17, 15) is 0 Å². The molecule has 0 radical (unpaired) electrons. The second-order valence-corrected chi connectivity index (χ2v) is 5.38. The fourth-order valence-electron chi connectivity index (χ4n) is 2.62. The second kappa shape index (κ2) is 6.68. The van der Waals surface area contributed by atoms with Gasteiger partial charge in [0.05, 0.1) is 5.69 Å². The highest BCUT2D eigenvalue weighted by atomic mass is 15.3. The van der Waals surface area contributed by atoms with E-state index in [0.29, 0.717) is 0 Å². The summed E-state index contributed by atoms with van der Waals surface area (Å²) in [6, 6.07) is 10.6. The maximum absolute atomic E-state index is 4.75. The molecule has 0 aliphatic carbocycles. The number of nitrogens with one attached hydrogen (secondary N) is 1. The van der Waals surface area contributed by atoms with Crippen molar-refractivity contribution in [3.63, 3.8) is 0 Å². The van der Waals surface area contributed by atoms with E-state index in [1.165, 1.54) is 5.56 Å². The van der Waals surface area contributed by atoms with Crippen LogP contribution in [0.25, 0.3) is 11.3 Å². The number of aryl methyl sites for hydroxylation is 1. The Kier molecular flexibility index (Phi) is 4.46. The number of benzene rings is 1. The van der Waals surface area contributed by atoms with Crippen LogP contribution in [0.2, 0.25) is 0 Å². The first-order valence-electron chi connectivity index (χ1n) is 7.75. The largest absolute Gasteiger partial charge is 0.339 e. The fraction of sp³-hybridized carbons (Fsp3) is 0.412. The average molecular weight is 282 g/mol. The molecule has 0 spiro atoms. The molecule has 110 valence electrons. The number of anilines is 1. The van der Waals surface area contributed by atoms with Crippen LogP contribution in [-0.4, -0.2) is 36.1 Å². The van der Waals surface area contributed by atoms with Crippen molar-refractivity contribution in [2.75, 3.05) is 31.1 Å². The van der Waals surface area contributed by atoms with Gasteiger partial charge in [-0.15, -0.1) is 0 Å². The molecule has 0 unspecified atom stereocenters. The molecule has 2 heterocycles. The number of hydrogen-bond donors (Lipinski definition) is 1. The highest BCUT2D eigenvalue weighted by molar-refractivity contribution is 5.60. The minimum atomic E-state index is 0.843. The van der Waals surface area contributed by atoms with E-state index < -0.39 is 0 Å². The highest BCUT2D eigenvalue weighted by Gasteiger charge is 2.12. The highest BCUT2D eigenvalue weighted by Crippen LogP contribution is 2.20. The molecular formula is C17H22N4. The fourth-order valence-corrected chi connectivity index (χ4v) is 2.62. The second-order valence-electron chi connectivity index (χ2n) is 5.38. The molecule has 1 aliphatic heterocycles. The minimum absolute atomic E-state index is 0.843. The van der Waals surface area contributed by atoms with Crippen molar-refractivity contribution in [1.29, 1.82) is 0 Å². The van der Waals surface area contributed by atoms with Gasteiger partial charge in [0.25, 0.3) is 0 Å². The molecule has 0 atom stereocenters. The molecule has 3 rings (SSSR count). The molecule has 0 bridgehead atoms. The first-order chi connectivity index (χ1) is 10.4. The van der Waals surface area contributed by atoms with Crippen LogP contribution in [0.1, 0.15) is 18.9 Å². The smallest absolute Gasteiger partial charge is 0.225 e. The lowest BCUT2D eigenvalue weighted by atomic mass is 10.1. The van der Waals surface area contributed by atoms with E-state index in [1.807, 2.05) is 12.3 Å². The molecule has 1 aliphatic rings. The van der Waals surface area contributed by atoms with Crippen molar-refractivity contribution in [3.05, 3.63) is 42.1 Å². The number of nitrogens with zero attached hydrogens (tertiary/aromatic N) is 3. The predicted octanol–water partition coefficient (Wildman–Crippen LogP) is 2.51. The Morgan fingerprint density at radius 1 is 1.10 bits per heavy atom. The van der Waals surface area contributed by atoms with Gasteiger partial charge in [-0.2, -0.15) is 0 Å². The Bertz CT molecular complexity index is 572. The van der Waals surface area contributed by atoms with Gasteiger partial charge in [-0.05, 0) is 31.0 Å². The van der Waals surface area contributed by atoms with E-state index in [2.05, 4.69) is 46.4 Å². The van der Waals surface area contributed by atoms with Crippen LogP contribution < -0.4 is 10.2 Å². The van der Waals surface area contributed by atoms with Gasteiger partial charge in [0, 0.05) is 31.4 Å². The molecule has 0 amide bonds. The Morgan fingerprint density at radius 2 is 1.95 bits per heavy atom. The zero-order valence-electron chi connectivity index (χ0n) is 12.5. The summed E-state index contributed by atoms with van der Waals surface area (Å²) >= 11 is 0. The minimum Gasteiger partial charge on any atom is -0.339 e. The predicted molar refractivity (Wildman–Crippen MR) is 86.5 cm³/mol. The van der Waals surface area contributed by atoms with Crippen molar-refractivity contribution in [2.45, 2.75) is 19.8 Å². The molecule has 0 saturated carbocycles. The summed E-state index contributed by atoms with van der Waals surface area (Å²) < 4.78 is 0. The van der Waals surface area contributed by atoms with Gasteiger partial charge in [-0.25, -0.2) is 9.97 Å². The summed E-state index contributed by atoms with van der Waals surface area (Å²) in [5.74, 6) is 0.843. The van der Waals surface area contributed by atoms with Crippen molar-refractivity contribution in [2.24, 2.45) is 0 Å². The van der Waals surface area contributed by atoms with Crippen LogP contribution in [0.5, 0.6) is 0 Å². The third kappa shape index (κ3) is 3.39. The van der Waals surface area contributed by atoms with Gasteiger partial charge in [0.2, 0.25) is 5.95 Å². The van der Waals surface area contributed by atoms with Crippen LogP contribution in [-0.2, 0) is 6.42 Å². The molecule has 4 nitrogen and oxygen atoms in total. The molecule has 2 aromatic rings. The molecule has 1 N–H and O–H groups in total. The molecule has 21 heavy (non-hydrogen) atoms. The molecule has 4 heteroatoms. The number of rotatable bonds is 3. The Labute approximate surface area is 126 Å². The van der Waals surface area contributed by atoms with Gasteiger partial charge in [-0.3, -0.25) is 0 Å². The summed E-state index contributed by atoms with van der Waals surface area (Å²) in [7, 11) is 0. The lowest BCUT2D eigenvalue weighted by molar-refractivity contribution is 0.724. The zero-order valence-corrected chi connectivity index (χ0v) is 12.5.